The van der Waals surface area contributed by atoms with Gasteiger partial charge in [0.25, 0.3) is 0 Å². The number of ether oxygens (including phenoxy) is 1. The van der Waals surface area contributed by atoms with E-state index in [-0.39, 0.29) is 5.41 Å². The molecule has 1 aliphatic carbocycles. The topological polar surface area (TPSA) is 52.0 Å². The van der Waals surface area contributed by atoms with E-state index in [1.54, 1.807) is 7.11 Å². The fourth-order valence-electron chi connectivity index (χ4n) is 3.32. The Morgan fingerprint density at radius 2 is 2.24 bits per heavy atom. The highest BCUT2D eigenvalue weighted by molar-refractivity contribution is 5.78. The summed E-state index contributed by atoms with van der Waals surface area (Å²) in [6, 6.07) is 2.69. The van der Waals surface area contributed by atoms with E-state index >= 15 is 0 Å². The second-order valence-electron chi connectivity index (χ2n) is 6.64. The van der Waals surface area contributed by atoms with Crippen molar-refractivity contribution in [2.75, 3.05) is 7.11 Å². The Morgan fingerprint density at radius 1 is 1.48 bits per heavy atom. The van der Waals surface area contributed by atoms with Gasteiger partial charge in [0.1, 0.15) is 0 Å². The van der Waals surface area contributed by atoms with E-state index in [2.05, 4.69) is 35.3 Å². The molecular weight excluding hydrogens is 264 g/mol. The molecule has 2 heterocycles. The van der Waals surface area contributed by atoms with Crippen molar-refractivity contribution >= 4 is 11.0 Å². The lowest BCUT2D eigenvalue weighted by molar-refractivity contribution is -0.0979. The van der Waals surface area contributed by atoms with Crippen LogP contribution in [-0.4, -0.2) is 34.0 Å². The highest BCUT2D eigenvalue weighted by Crippen LogP contribution is 2.42. The Morgan fingerprint density at radius 3 is 2.90 bits per heavy atom. The second kappa shape index (κ2) is 5.07. The third-order valence-corrected chi connectivity index (χ3v) is 4.93. The van der Waals surface area contributed by atoms with Gasteiger partial charge in [0.15, 0.2) is 5.65 Å². The van der Waals surface area contributed by atoms with Gasteiger partial charge in [0, 0.05) is 43.7 Å². The Balaban J connectivity index is 1.70. The van der Waals surface area contributed by atoms with Gasteiger partial charge in [-0.1, -0.05) is 13.8 Å². The van der Waals surface area contributed by atoms with E-state index in [0.29, 0.717) is 12.1 Å². The van der Waals surface area contributed by atoms with E-state index in [0.717, 1.165) is 29.7 Å². The molecule has 0 aliphatic heterocycles. The Hall–Kier alpha value is -1.46. The Labute approximate surface area is 125 Å². The molecule has 1 fully saturated rings. The summed E-state index contributed by atoms with van der Waals surface area (Å²) in [5, 5.41) is 9.19. The molecule has 3 rings (SSSR count). The standard InChI is InChI=1S/C16H24N4O/c1-10-12-6-11(9-18-15(12)20(4)19-10)8-17-13-7-14(21-5)16(13,2)3/h6,9,13-14,17H,7-8H2,1-5H3. The van der Waals surface area contributed by atoms with Crippen LogP contribution in [0, 0.1) is 12.3 Å². The average molecular weight is 288 g/mol. The van der Waals surface area contributed by atoms with Gasteiger partial charge in [-0.15, -0.1) is 0 Å². The predicted molar refractivity (Wildman–Crippen MR) is 83.1 cm³/mol. The van der Waals surface area contributed by atoms with E-state index in [4.69, 9.17) is 4.74 Å². The fraction of sp³-hybridized carbons (Fsp3) is 0.625. The maximum absolute atomic E-state index is 5.50. The summed E-state index contributed by atoms with van der Waals surface area (Å²) in [4.78, 5) is 4.53. The van der Waals surface area contributed by atoms with Gasteiger partial charge in [-0.05, 0) is 25.0 Å². The van der Waals surface area contributed by atoms with Gasteiger partial charge < -0.3 is 10.1 Å². The number of methoxy groups -OCH3 is 1. The van der Waals surface area contributed by atoms with Crippen LogP contribution in [0.3, 0.4) is 0 Å². The van der Waals surface area contributed by atoms with Crippen LogP contribution >= 0.6 is 0 Å². The molecule has 0 spiro atoms. The van der Waals surface area contributed by atoms with Crippen LogP contribution < -0.4 is 5.32 Å². The quantitative estimate of drug-likeness (QED) is 0.937. The molecule has 1 saturated carbocycles. The van der Waals surface area contributed by atoms with E-state index in [1.807, 2.05) is 24.9 Å². The average Bonchev–Trinajstić information content (AvgIpc) is 2.73. The van der Waals surface area contributed by atoms with Crippen molar-refractivity contribution < 1.29 is 4.74 Å². The lowest BCUT2D eigenvalue weighted by Gasteiger charge is -2.51. The number of aryl methyl sites for hydroxylation is 2. The van der Waals surface area contributed by atoms with Crippen molar-refractivity contribution in [2.24, 2.45) is 12.5 Å². The molecule has 5 heteroatoms. The second-order valence-corrected chi connectivity index (χ2v) is 6.64. The van der Waals surface area contributed by atoms with Gasteiger partial charge in [-0.25, -0.2) is 4.98 Å². The van der Waals surface area contributed by atoms with Crippen molar-refractivity contribution in [1.82, 2.24) is 20.1 Å². The molecule has 1 N–H and O–H groups in total. The number of aromatic nitrogens is 3. The number of nitrogens with one attached hydrogen (secondary N) is 1. The molecule has 0 bridgehead atoms. The summed E-state index contributed by atoms with van der Waals surface area (Å²) in [7, 11) is 3.73. The molecule has 5 nitrogen and oxygen atoms in total. The van der Waals surface area contributed by atoms with Crippen LogP contribution in [0.15, 0.2) is 12.3 Å². The monoisotopic (exact) mass is 288 g/mol. The van der Waals surface area contributed by atoms with Crippen molar-refractivity contribution in [3.63, 3.8) is 0 Å². The van der Waals surface area contributed by atoms with Crippen LogP contribution in [0.2, 0.25) is 0 Å². The first-order valence-electron chi connectivity index (χ1n) is 7.48. The van der Waals surface area contributed by atoms with E-state index < -0.39 is 0 Å². The number of nitrogens with zero attached hydrogens (tertiary/aromatic N) is 3. The smallest absolute Gasteiger partial charge is 0.157 e. The number of hydrogen-bond donors (Lipinski definition) is 1. The van der Waals surface area contributed by atoms with Crippen LogP contribution in [0.4, 0.5) is 0 Å². The Bertz CT molecular complexity index is 662. The minimum absolute atomic E-state index is 0.191. The zero-order valence-electron chi connectivity index (χ0n) is 13.5. The molecule has 0 radical (unpaired) electrons. The molecule has 21 heavy (non-hydrogen) atoms. The summed E-state index contributed by atoms with van der Waals surface area (Å²) in [6.45, 7) is 7.38. The van der Waals surface area contributed by atoms with Crippen molar-refractivity contribution in [2.45, 2.75) is 45.9 Å². The van der Waals surface area contributed by atoms with Crippen molar-refractivity contribution in [1.29, 1.82) is 0 Å². The first kappa shape index (κ1) is 14.5. The van der Waals surface area contributed by atoms with Crippen LogP contribution in [0.5, 0.6) is 0 Å². The summed E-state index contributed by atoms with van der Waals surface area (Å²) in [5.41, 5.74) is 3.37. The first-order valence-corrected chi connectivity index (χ1v) is 7.48. The molecule has 1 aliphatic rings. The fourth-order valence-corrected chi connectivity index (χ4v) is 3.32. The number of fused-ring (bicyclic) bond motifs is 1. The van der Waals surface area contributed by atoms with Gasteiger partial charge in [-0.3, -0.25) is 4.68 Å². The first-order chi connectivity index (χ1) is 9.93. The summed E-state index contributed by atoms with van der Waals surface area (Å²) in [5.74, 6) is 0. The summed E-state index contributed by atoms with van der Waals surface area (Å²) < 4.78 is 7.33. The number of hydrogen-bond acceptors (Lipinski definition) is 4. The molecule has 0 amide bonds. The lowest BCUT2D eigenvalue weighted by Crippen LogP contribution is -2.60. The highest BCUT2D eigenvalue weighted by atomic mass is 16.5. The predicted octanol–water partition coefficient (Wildman–Crippen LogP) is 2.18. The molecule has 2 atom stereocenters. The maximum Gasteiger partial charge on any atom is 0.157 e. The largest absolute Gasteiger partial charge is 0.381 e. The van der Waals surface area contributed by atoms with Crippen LogP contribution in [0.25, 0.3) is 11.0 Å². The molecule has 0 aromatic carbocycles. The molecular formula is C16H24N4O. The summed E-state index contributed by atoms with van der Waals surface area (Å²) >= 11 is 0. The van der Waals surface area contributed by atoms with E-state index in [9.17, 15) is 0 Å². The minimum atomic E-state index is 0.191. The zero-order valence-corrected chi connectivity index (χ0v) is 13.5. The zero-order chi connectivity index (χ0) is 15.2. The molecule has 0 saturated heterocycles. The lowest BCUT2D eigenvalue weighted by atomic mass is 9.64. The van der Waals surface area contributed by atoms with Gasteiger partial charge in [0.2, 0.25) is 0 Å². The van der Waals surface area contributed by atoms with Gasteiger partial charge in [-0.2, -0.15) is 5.10 Å². The summed E-state index contributed by atoms with van der Waals surface area (Å²) in [6.07, 6.45) is 3.37. The van der Waals surface area contributed by atoms with Crippen LogP contribution in [0.1, 0.15) is 31.5 Å². The number of rotatable bonds is 4. The molecule has 2 aromatic heterocycles. The Kier molecular flexibility index (Phi) is 3.50. The maximum atomic E-state index is 5.50. The molecule has 114 valence electrons. The van der Waals surface area contributed by atoms with Gasteiger partial charge >= 0.3 is 0 Å². The minimum Gasteiger partial charge on any atom is -0.381 e. The SMILES string of the molecule is COC1CC(NCc2cnc3c(c2)c(C)nn3C)C1(C)C. The van der Waals surface area contributed by atoms with Gasteiger partial charge in [0.05, 0.1) is 11.8 Å². The molecule has 2 unspecified atom stereocenters. The molecule has 2 aromatic rings. The third-order valence-electron chi connectivity index (χ3n) is 4.93. The number of pyridine rings is 1. The van der Waals surface area contributed by atoms with Crippen molar-refractivity contribution in [3.05, 3.63) is 23.5 Å². The third kappa shape index (κ3) is 2.34. The van der Waals surface area contributed by atoms with Crippen molar-refractivity contribution in [3.8, 4) is 0 Å². The van der Waals surface area contributed by atoms with Crippen LogP contribution in [-0.2, 0) is 18.3 Å². The highest BCUT2D eigenvalue weighted by Gasteiger charge is 2.48. The normalized spacial score (nSPS) is 24.2. The van der Waals surface area contributed by atoms with E-state index in [1.165, 1.54) is 5.56 Å².